The smallest absolute Gasteiger partial charge is 0.366 e. The van der Waals surface area contributed by atoms with Gasteiger partial charge in [-0.25, -0.2) is 0 Å². The lowest BCUT2D eigenvalue weighted by molar-refractivity contribution is -0.112. The molecule has 0 aliphatic carbocycles. The molecule has 0 aliphatic heterocycles. The molecule has 0 spiro atoms. The number of primary amides is 1. The molecule has 5 nitrogen and oxygen atoms in total. The molecule has 1 aromatic rings. The van der Waals surface area contributed by atoms with E-state index in [0.717, 1.165) is 12.1 Å². The fourth-order valence-corrected chi connectivity index (χ4v) is 1.66. The standard InChI is InChI=1S/C10H9F3N2O3S/c1-6(9(14)16)7-2-4-8(5-3-7)15-19(17,18)10(11,12)13/h2-5,15H,1H2,(H2,14,16). The van der Waals surface area contributed by atoms with Crippen molar-refractivity contribution in [3.05, 3.63) is 36.4 Å². The van der Waals surface area contributed by atoms with Gasteiger partial charge < -0.3 is 5.73 Å². The lowest BCUT2D eigenvalue weighted by atomic mass is 10.1. The van der Waals surface area contributed by atoms with Crippen molar-refractivity contribution in [2.45, 2.75) is 5.51 Å². The van der Waals surface area contributed by atoms with E-state index >= 15 is 0 Å². The van der Waals surface area contributed by atoms with Gasteiger partial charge in [0.2, 0.25) is 5.91 Å². The van der Waals surface area contributed by atoms with Gasteiger partial charge in [-0.1, -0.05) is 18.7 Å². The largest absolute Gasteiger partial charge is 0.516 e. The van der Waals surface area contributed by atoms with Crippen molar-refractivity contribution in [1.29, 1.82) is 0 Å². The molecule has 1 amide bonds. The van der Waals surface area contributed by atoms with E-state index in [9.17, 15) is 26.4 Å². The van der Waals surface area contributed by atoms with Crippen molar-refractivity contribution >= 4 is 27.2 Å². The van der Waals surface area contributed by atoms with Gasteiger partial charge in [0, 0.05) is 11.3 Å². The first-order valence-electron chi connectivity index (χ1n) is 4.73. The minimum atomic E-state index is -5.46. The SMILES string of the molecule is C=C(C(N)=O)c1ccc(NS(=O)(=O)C(F)(F)F)cc1. The molecule has 0 unspecified atom stereocenters. The van der Waals surface area contributed by atoms with Crippen LogP contribution in [0.3, 0.4) is 0 Å². The Kier molecular flexibility index (Phi) is 3.89. The molecule has 19 heavy (non-hydrogen) atoms. The van der Waals surface area contributed by atoms with Crippen LogP contribution >= 0.6 is 0 Å². The molecule has 1 aromatic carbocycles. The van der Waals surface area contributed by atoms with Crippen LogP contribution < -0.4 is 10.5 Å². The second-order valence-corrected chi connectivity index (χ2v) is 5.15. The first kappa shape index (κ1) is 15.0. The Hall–Kier alpha value is -2.03. The molecule has 0 radical (unpaired) electrons. The number of nitrogens with one attached hydrogen (secondary N) is 1. The molecule has 0 saturated heterocycles. The van der Waals surface area contributed by atoms with Crippen LogP contribution in [0.25, 0.3) is 5.57 Å². The minimum Gasteiger partial charge on any atom is -0.366 e. The van der Waals surface area contributed by atoms with Crippen LogP contribution in [0.5, 0.6) is 0 Å². The molecule has 0 heterocycles. The maximum absolute atomic E-state index is 12.1. The van der Waals surface area contributed by atoms with E-state index in [-0.39, 0.29) is 16.8 Å². The van der Waals surface area contributed by atoms with E-state index in [0.29, 0.717) is 0 Å². The number of sulfonamides is 1. The van der Waals surface area contributed by atoms with Gasteiger partial charge in [0.25, 0.3) is 0 Å². The highest BCUT2D eigenvalue weighted by atomic mass is 32.2. The molecule has 1 rings (SSSR count). The van der Waals surface area contributed by atoms with Gasteiger partial charge in [0.05, 0.1) is 0 Å². The van der Waals surface area contributed by atoms with Crippen molar-refractivity contribution in [3.8, 4) is 0 Å². The number of alkyl halides is 3. The lowest BCUT2D eigenvalue weighted by Crippen LogP contribution is -2.29. The zero-order chi connectivity index (χ0) is 14.8. The summed E-state index contributed by atoms with van der Waals surface area (Å²) in [6, 6.07) is 4.57. The molecule has 104 valence electrons. The van der Waals surface area contributed by atoms with Gasteiger partial charge >= 0.3 is 15.5 Å². The molecular formula is C10H9F3N2O3S. The van der Waals surface area contributed by atoms with E-state index in [4.69, 9.17) is 5.73 Å². The van der Waals surface area contributed by atoms with Crippen molar-refractivity contribution in [3.63, 3.8) is 0 Å². The van der Waals surface area contributed by atoms with Gasteiger partial charge in [0.1, 0.15) is 0 Å². The predicted octanol–water partition coefficient (Wildman–Crippen LogP) is 1.45. The molecule has 0 saturated carbocycles. The molecule has 3 N–H and O–H groups in total. The Bertz CT molecular complexity index is 606. The number of carbonyl (C=O) groups is 1. The lowest BCUT2D eigenvalue weighted by Gasteiger charge is -2.11. The summed E-state index contributed by atoms with van der Waals surface area (Å²) in [6.07, 6.45) is 0. The summed E-state index contributed by atoms with van der Waals surface area (Å²) >= 11 is 0. The van der Waals surface area contributed by atoms with Crippen molar-refractivity contribution in [2.75, 3.05) is 4.72 Å². The van der Waals surface area contributed by atoms with Crippen LogP contribution in [0.2, 0.25) is 0 Å². The summed E-state index contributed by atoms with van der Waals surface area (Å²) in [5.74, 6) is -0.788. The van der Waals surface area contributed by atoms with Crippen LogP contribution in [-0.4, -0.2) is 19.8 Å². The third-order valence-corrected chi connectivity index (χ3v) is 3.20. The average molecular weight is 294 g/mol. The van der Waals surface area contributed by atoms with Gasteiger partial charge in [-0.2, -0.15) is 21.6 Å². The molecule has 9 heteroatoms. The quantitative estimate of drug-likeness (QED) is 0.824. The van der Waals surface area contributed by atoms with Crippen molar-refractivity contribution in [2.24, 2.45) is 5.73 Å². The zero-order valence-electron chi connectivity index (χ0n) is 9.36. The Labute approximate surface area is 107 Å². The predicted molar refractivity (Wildman–Crippen MR) is 63.3 cm³/mol. The number of carbonyl (C=O) groups excluding carboxylic acids is 1. The topological polar surface area (TPSA) is 89.3 Å². The molecule has 0 aromatic heterocycles. The normalized spacial score (nSPS) is 11.9. The van der Waals surface area contributed by atoms with Gasteiger partial charge in [-0.05, 0) is 17.7 Å². The highest BCUT2D eigenvalue weighted by molar-refractivity contribution is 7.93. The second-order valence-electron chi connectivity index (χ2n) is 3.47. The van der Waals surface area contributed by atoms with Crippen LogP contribution in [0, 0.1) is 0 Å². The number of hydrogen-bond donors (Lipinski definition) is 2. The number of anilines is 1. The zero-order valence-corrected chi connectivity index (χ0v) is 10.2. The van der Waals surface area contributed by atoms with Gasteiger partial charge in [-0.15, -0.1) is 0 Å². The minimum absolute atomic E-state index is 0.0368. The van der Waals surface area contributed by atoms with Crippen molar-refractivity contribution in [1.82, 2.24) is 0 Å². The molecule has 0 atom stereocenters. The second kappa shape index (κ2) is 4.92. The summed E-state index contributed by atoms with van der Waals surface area (Å²) in [6.45, 7) is 3.37. The number of hydrogen-bond acceptors (Lipinski definition) is 3. The molecular weight excluding hydrogens is 285 g/mol. The van der Waals surface area contributed by atoms with Crippen LogP contribution in [-0.2, 0) is 14.8 Å². The van der Waals surface area contributed by atoms with Crippen LogP contribution in [0.1, 0.15) is 5.56 Å². The third kappa shape index (κ3) is 3.47. The Morgan fingerprint density at radius 2 is 1.68 bits per heavy atom. The Balaban J connectivity index is 2.96. The summed E-state index contributed by atoms with van der Waals surface area (Å²) in [5, 5.41) is 0. The number of benzene rings is 1. The van der Waals surface area contributed by atoms with E-state index < -0.39 is 21.4 Å². The first-order valence-corrected chi connectivity index (χ1v) is 6.21. The van der Waals surface area contributed by atoms with Crippen LogP contribution in [0.4, 0.5) is 18.9 Å². The average Bonchev–Trinajstić information content (AvgIpc) is 2.27. The highest BCUT2D eigenvalue weighted by Gasteiger charge is 2.45. The summed E-state index contributed by atoms with van der Waals surface area (Å²) in [7, 11) is -5.46. The van der Waals surface area contributed by atoms with E-state index in [1.54, 1.807) is 0 Å². The monoisotopic (exact) mass is 294 g/mol. The fourth-order valence-electron chi connectivity index (χ4n) is 1.09. The summed E-state index contributed by atoms with van der Waals surface area (Å²) in [5.41, 5.74) is -0.484. The maximum Gasteiger partial charge on any atom is 0.516 e. The fraction of sp³-hybridized carbons (Fsp3) is 0.100. The van der Waals surface area contributed by atoms with E-state index in [2.05, 4.69) is 6.58 Å². The molecule has 0 bridgehead atoms. The van der Waals surface area contributed by atoms with Crippen LogP contribution in [0.15, 0.2) is 30.8 Å². The molecule has 0 aliphatic rings. The summed E-state index contributed by atoms with van der Waals surface area (Å²) < 4.78 is 59.3. The first-order chi connectivity index (χ1) is 8.54. The van der Waals surface area contributed by atoms with E-state index in [1.807, 2.05) is 0 Å². The number of amides is 1. The Morgan fingerprint density at radius 3 is 2.05 bits per heavy atom. The van der Waals surface area contributed by atoms with E-state index in [1.165, 1.54) is 16.9 Å². The highest BCUT2D eigenvalue weighted by Crippen LogP contribution is 2.25. The summed E-state index contributed by atoms with van der Waals surface area (Å²) in [4.78, 5) is 10.8. The maximum atomic E-state index is 12.1. The number of rotatable bonds is 4. The van der Waals surface area contributed by atoms with Gasteiger partial charge in [-0.3, -0.25) is 9.52 Å². The molecule has 0 fully saturated rings. The number of halogens is 3. The van der Waals surface area contributed by atoms with Gasteiger partial charge in [0.15, 0.2) is 0 Å². The number of nitrogens with two attached hydrogens (primary N) is 1. The Morgan fingerprint density at radius 1 is 1.21 bits per heavy atom. The third-order valence-electron chi connectivity index (χ3n) is 2.09. The van der Waals surface area contributed by atoms with Crippen molar-refractivity contribution < 1.29 is 26.4 Å².